The van der Waals surface area contributed by atoms with E-state index in [9.17, 15) is 19.1 Å². The second-order valence-electron chi connectivity index (χ2n) is 10.7. The Hall–Kier alpha value is -3.10. The lowest BCUT2D eigenvalue weighted by molar-refractivity contribution is -0.161. The van der Waals surface area contributed by atoms with Gasteiger partial charge in [0.25, 0.3) is 0 Å². The first-order chi connectivity index (χ1) is 19.9. The molecule has 3 rings (SSSR count). The maximum absolute atomic E-state index is 14.4. The summed E-state index contributed by atoms with van der Waals surface area (Å²) in [5.41, 5.74) is 0.322. The topological polar surface area (TPSA) is 128 Å². The van der Waals surface area contributed by atoms with Gasteiger partial charge in [-0.3, -0.25) is 14.2 Å². The van der Waals surface area contributed by atoms with Crippen LogP contribution in [0.25, 0.3) is 11.2 Å². The molecule has 0 saturated carbocycles. The van der Waals surface area contributed by atoms with Gasteiger partial charge in [-0.15, -0.1) is 12.3 Å². The molecular weight excluding hydrogens is 529 g/mol. The van der Waals surface area contributed by atoms with Crippen molar-refractivity contribution < 1.29 is 28.6 Å². The molecule has 0 aromatic carbocycles. The normalized spacial score (nSPS) is 19.2. The average Bonchev–Trinajstić information content (AvgIpc) is 3.53. The van der Waals surface area contributed by atoms with E-state index in [1.807, 2.05) is 0 Å². The Morgan fingerprint density at radius 2 is 1.78 bits per heavy atom. The number of aliphatic hydroxyl groups is 1. The summed E-state index contributed by atoms with van der Waals surface area (Å²) in [6.45, 7) is 4.27. The van der Waals surface area contributed by atoms with Crippen LogP contribution >= 0.6 is 0 Å². The van der Waals surface area contributed by atoms with Crippen LogP contribution in [0.2, 0.25) is 0 Å². The zero-order valence-corrected chi connectivity index (χ0v) is 24.3. The molecule has 1 aliphatic heterocycles. The van der Waals surface area contributed by atoms with Crippen LogP contribution in [0.1, 0.15) is 116 Å². The molecular formula is C30H44FN5O5. The maximum atomic E-state index is 14.4. The minimum atomic E-state index is -1.03. The smallest absolute Gasteiger partial charge is 0.312 e. The number of imidazole rings is 1. The van der Waals surface area contributed by atoms with Crippen molar-refractivity contribution >= 4 is 28.9 Å². The van der Waals surface area contributed by atoms with Gasteiger partial charge in [0.2, 0.25) is 5.91 Å². The van der Waals surface area contributed by atoms with Gasteiger partial charge in [0.15, 0.2) is 17.0 Å². The van der Waals surface area contributed by atoms with Crippen LogP contribution in [-0.4, -0.2) is 54.8 Å². The fourth-order valence-corrected chi connectivity index (χ4v) is 5.07. The molecule has 10 nitrogen and oxygen atoms in total. The molecule has 41 heavy (non-hydrogen) atoms. The third-order valence-corrected chi connectivity index (χ3v) is 7.31. The second kappa shape index (κ2) is 17.0. The number of aromatic nitrogens is 4. The molecule has 1 aliphatic rings. The Balaban J connectivity index is 1.63. The van der Waals surface area contributed by atoms with Crippen molar-refractivity contribution in [2.45, 2.75) is 135 Å². The molecule has 0 spiro atoms. The van der Waals surface area contributed by atoms with E-state index in [0.29, 0.717) is 6.42 Å². The standard InChI is InChI=1S/C30H44FN5O5/c1-4-7-9-11-12-13-14-17-23(38)33-28-26-29(35-30(31)34-28)36(20-32-26)24-19-21(37)27(41-24)22(16-6-3)40-25(39)18-15-10-8-5-2/h3,20-22,24,27,37H,4-5,7-19H2,1-2H3,(H,33,34,35,38)/t21-,22?,24+,27-/m0/s1. The number of anilines is 1. The summed E-state index contributed by atoms with van der Waals surface area (Å²) in [5.74, 6) is 1.82. The average molecular weight is 574 g/mol. The van der Waals surface area contributed by atoms with E-state index in [-0.39, 0.29) is 48.1 Å². The number of hydrogen-bond acceptors (Lipinski definition) is 8. The highest BCUT2D eigenvalue weighted by molar-refractivity contribution is 5.96. The minimum Gasteiger partial charge on any atom is -0.458 e. The van der Waals surface area contributed by atoms with E-state index in [1.165, 1.54) is 30.2 Å². The Morgan fingerprint density at radius 1 is 1.12 bits per heavy atom. The molecule has 2 N–H and O–H groups in total. The summed E-state index contributed by atoms with van der Waals surface area (Å²) < 4.78 is 27.6. The van der Waals surface area contributed by atoms with Crippen molar-refractivity contribution in [3.63, 3.8) is 0 Å². The van der Waals surface area contributed by atoms with Gasteiger partial charge >= 0.3 is 12.0 Å². The molecule has 1 unspecified atom stereocenters. The van der Waals surface area contributed by atoms with Crippen molar-refractivity contribution in [1.82, 2.24) is 19.5 Å². The number of nitrogens with one attached hydrogen (secondary N) is 1. The van der Waals surface area contributed by atoms with Gasteiger partial charge in [-0.1, -0.05) is 71.6 Å². The van der Waals surface area contributed by atoms with Gasteiger partial charge in [0, 0.05) is 25.7 Å². The molecule has 1 saturated heterocycles. The molecule has 0 bridgehead atoms. The number of hydrogen-bond donors (Lipinski definition) is 2. The maximum Gasteiger partial charge on any atom is 0.312 e. The number of terminal acetylenes is 1. The lowest BCUT2D eigenvalue weighted by atomic mass is 10.0. The Bertz CT molecular complexity index is 1170. The van der Waals surface area contributed by atoms with Gasteiger partial charge < -0.3 is 19.9 Å². The highest BCUT2D eigenvalue weighted by atomic mass is 19.1. The third-order valence-electron chi connectivity index (χ3n) is 7.31. The molecule has 2 aromatic rings. The van der Waals surface area contributed by atoms with E-state index in [4.69, 9.17) is 15.9 Å². The molecule has 226 valence electrons. The summed E-state index contributed by atoms with van der Waals surface area (Å²) in [5, 5.41) is 13.5. The van der Waals surface area contributed by atoms with E-state index >= 15 is 0 Å². The first kappa shape index (κ1) is 32.4. The van der Waals surface area contributed by atoms with E-state index in [1.54, 1.807) is 0 Å². The first-order valence-electron chi connectivity index (χ1n) is 15.0. The highest BCUT2D eigenvalue weighted by Crippen LogP contribution is 2.35. The Kier molecular flexibility index (Phi) is 13.4. The van der Waals surface area contributed by atoms with E-state index < -0.39 is 30.6 Å². The summed E-state index contributed by atoms with van der Waals surface area (Å²) >= 11 is 0. The van der Waals surface area contributed by atoms with Gasteiger partial charge in [0.1, 0.15) is 18.4 Å². The molecule has 3 heterocycles. The fourth-order valence-electron chi connectivity index (χ4n) is 5.07. The molecule has 11 heteroatoms. The number of carbonyl (C=O) groups is 2. The number of nitrogens with zero attached hydrogens (tertiary/aromatic N) is 4. The van der Waals surface area contributed by atoms with Crippen molar-refractivity contribution in [2.75, 3.05) is 5.32 Å². The largest absolute Gasteiger partial charge is 0.458 e. The monoisotopic (exact) mass is 573 g/mol. The van der Waals surface area contributed by atoms with E-state index in [2.05, 4.69) is 40.0 Å². The SMILES string of the molecule is C#CCC(OC(=O)CCCCCC)[C@H]1O[C@@H](n2cnc3c(NC(=O)CCCCCCCCC)nc(F)nc32)C[C@@H]1O. The van der Waals surface area contributed by atoms with Crippen molar-refractivity contribution in [2.24, 2.45) is 0 Å². The number of carbonyl (C=O) groups excluding carboxylic acids is 2. The number of fused-ring (bicyclic) bond motifs is 1. The van der Waals surface area contributed by atoms with Crippen LogP contribution in [0.3, 0.4) is 0 Å². The van der Waals surface area contributed by atoms with Crippen molar-refractivity contribution in [1.29, 1.82) is 0 Å². The quantitative estimate of drug-likeness (QED) is 0.102. The summed E-state index contributed by atoms with van der Waals surface area (Å²) in [4.78, 5) is 36.9. The van der Waals surface area contributed by atoms with Crippen LogP contribution in [0, 0.1) is 18.4 Å². The molecule has 0 aliphatic carbocycles. The predicted molar refractivity (Wildman–Crippen MR) is 153 cm³/mol. The number of unbranched alkanes of at least 4 members (excludes halogenated alkanes) is 9. The molecule has 1 amide bonds. The molecule has 0 radical (unpaired) electrons. The second-order valence-corrected chi connectivity index (χ2v) is 10.7. The van der Waals surface area contributed by atoms with Crippen molar-refractivity contribution in [3.05, 3.63) is 12.4 Å². The lowest BCUT2D eigenvalue weighted by Gasteiger charge is -2.24. The van der Waals surface area contributed by atoms with Gasteiger partial charge in [-0.2, -0.15) is 14.4 Å². The van der Waals surface area contributed by atoms with Crippen LogP contribution in [0.5, 0.6) is 0 Å². The number of ether oxygens (including phenoxy) is 2. The number of aliphatic hydroxyl groups excluding tert-OH is 1. The zero-order chi connectivity index (χ0) is 29.6. The summed E-state index contributed by atoms with van der Waals surface area (Å²) in [6, 6.07) is 0. The zero-order valence-electron chi connectivity index (χ0n) is 24.3. The van der Waals surface area contributed by atoms with Crippen LogP contribution in [-0.2, 0) is 19.1 Å². The van der Waals surface area contributed by atoms with Crippen LogP contribution in [0.4, 0.5) is 10.2 Å². The number of halogens is 1. The third kappa shape index (κ3) is 9.75. The molecule has 4 atom stereocenters. The summed E-state index contributed by atoms with van der Waals surface area (Å²) in [6.07, 6.45) is 14.5. The molecule has 2 aromatic heterocycles. The fraction of sp³-hybridized carbons (Fsp3) is 0.700. The van der Waals surface area contributed by atoms with E-state index in [0.717, 1.165) is 51.4 Å². The Labute approximate surface area is 241 Å². The van der Waals surface area contributed by atoms with Crippen LogP contribution in [0.15, 0.2) is 6.33 Å². The van der Waals surface area contributed by atoms with Gasteiger partial charge in [-0.05, 0) is 12.8 Å². The van der Waals surface area contributed by atoms with Crippen LogP contribution < -0.4 is 5.32 Å². The van der Waals surface area contributed by atoms with Gasteiger partial charge in [0.05, 0.1) is 12.4 Å². The van der Waals surface area contributed by atoms with Crippen molar-refractivity contribution in [3.8, 4) is 12.3 Å². The number of esters is 1. The summed E-state index contributed by atoms with van der Waals surface area (Å²) in [7, 11) is 0. The highest BCUT2D eigenvalue weighted by Gasteiger charge is 2.42. The molecule has 1 fully saturated rings. The predicted octanol–water partition coefficient (Wildman–Crippen LogP) is 5.60. The lowest BCUT2D eigenvalue weighted by Crippen LogP contribution is -2.37. The number of amides is 1. The Morgan fingerprint density at radius 3 is 2.49 bits per heavy atom. The number of rotatable bonds is 18. The van der Waals surface area contributed by atoms with Gasteiger partial charge in [-0.25, -0.2) is 4.98 Å². The minimum absolute atomic E-state index is 0.0171. The first-order valence-corrected chi connectivity index (χ1v) is 15.0.